The van der Waals surface area contributed by atoms with Gasteiger partial charge in [0.05, 0.1) is 20.5 Å². The number of nitrogens with zero attached hydrogens (tertiary/aromatic N) is 3. The van der Waals surface area contributed by atoms with Gasteiger partial charge in [-0.15, -0.1) is 11.3 Å². The zero-order valence-corrected chi connectivity index (χ0v) is 15.6. The molecule has 1 saturated heterocycles. The number of nitro benzene ring substituents is 1. The van der Waals surface area contributed by atoms with Gasteiger partial charge in [0.15, 0.2) is 9.84 Å². The van der Waals surface area contributed by atoms with E-state index in [1.165, 1.54) is 6.07 Å². The molecular formula is C16H19N3O4S2. The van der Waals surface area contributed by atoms with Crippen molar-refractivity contribution in [2.75, 3.05) is 24.2 Å². The molecule has 1 fully saturated rings. The molecule has 1 aromatic heterocycles. The Morgan fingerprint density at radius 3 is 2.52 bits per heavy atom. The quantitative estimate of drug-likeness (QED) is 0.596. The SMILES string of the molecule is Cc1csc(C2CCN(c3ccc([N+](=O)[O-])cc3S(C)(=O)=O)CC2)n1. The molecule has 1 aliphatic heterocycles. The molecule has 0 aliphatic carbocycles. The highest BCUT2D eigenvalue weighted by Gasteiger charge is 2.27. The summed E-state index contributed by atoms with van der Waals surface area (Å²) in [6.07, 6.45) is 2.85. The van der Waals surface area contributed by atoms with Crippen LogP contribution in [0.25, 0.3) is 0 Å². The highest BCUT2D eigenvalue weighted by atomic mass is 32.2. The van der Waals surface area contributed by atoms with Crippen LogP contribution in [-0.4, -0.2) is 37.7 Å². The molecule has 1 aromatic carbocycles. The maximum absolute atomic E-state index is 12.1. The molecule has 0 amide bonds. The lowest BCUT2D eigenvalue weighted by atomic mass is 9.97. The molecule has 0 unspecified atom stereocenters. The number of sulfone groups is 1. The monoisotopic (exact) mass is 381 g/mol. The van der Waals surface area contributed by atoms with Crippen LogP contribution in [0.2, 0.25) is 0 Å². The smallest absolute Gasteiger partial charge is 0.270 e. The van der Waals surface area contributed by atoms with Crippen LogP contribution in [0.5, 0.6) is 0 Å². The molecule has 0 atom stereocenters. The first kappa shape index (κ1) is 17.8. The van der Waals surface area contributed by atoms with Gasteiger partial charge in [-0.05, 0) is 25.8 Å². The number of piperidine rings is 1. The van der Waals surface area contributed by atoms with E-state index in [4.69, 9.17) is 0 Å². The van der Waals surface area contributed by atoms with E-state index in [2.05, 4.69) is 4.98 Å². The average Bonchev–Trinajstić information content (AvgIpc) is 3.00. The minimum absolute atomic E-state index is 0.0187. The van der Waals surface area contributed by atoms with Gasteiger partial charge in [-0.25, -0.2) is 13.4 Å². The molecule has 0 bridgehead atoms. The van der Waals surface area contributed by atoms with Crippen LogP contribution in [0.4, 0.5) is 11.4 Å². The predicted octanol–water partition coefficient (Wildman–Crippen LogP) is 3.15. The number of nitro groups is 1. The molecule has 25 heavy (non-hydrogen) atoms. The Hall–Kier alpha value is -2.00. The molecule has 3 rings (SSSR count). The van der Waals surface area contributed by atoms with Crippen LogP contribution in [0.3, 0.4) is 0 Å². The van der Waals surface area contributed by atoms with Crippen molar-refractivity contribution in [2.45, 2.75) is 30.6 Å². The lowest BCUT2D eigenvalue weighted by molar-refractivity contribution is -0.385. The zero-order chi connectivity index (χ0) is 18.2. The Labute approximate surface area is 150 Å². The molecule has 7 nitrogen and oxygen atoms in total. The number of non-ortho nitro benzene ring substituents is 1. The van der Waals surface area contributed by atoms with E-state index in [9.17, 15) is 18.5 Å². The summed E-state index contributed by atoms with van der Waals surface area (Å²) in [5.41, 5.74) is 1.36. The summed E-state index contributed by atoms with van der Waals surface area (Å²) in [5, 5.41) is 14.1. The molecule has 2 heterocycles. The molecular weight excluding hydrogens is 362 g/mol. The minimum atomic E-state index is -3.56. The molecule has 134 valence electrons. The second-order valence-corrected chi connectivity index (χ2v) is 9.14. The topological polar surface area (TPSA) is 93.4 Å². The van der Waals surface area contributed by atoms with Crippen molar-refractivity contribution < 1.29 is 13.3 Å². The van der Waals surface area contributed by atoms with Gasteiger partial charge < -0.3 is 4.90 Å². The van der Waals surface area contributed by atoms with Gasteiger partial charge in [0, 0.05) is 48.5 Å². The van der Waals surface area contributed by atoms with Crippen molar-refractivity contribution in [1.29, 1.82) is 0 Å². The first-order valence-corrected chi connectivity index (χ1v) is 10.7. The highest BCUT2D eigenvalue weighted by molar-refractivity contribution is 7.90. The first-order valence-electron chi connectivity index (χ1n) is 7.91. The van der Waals surface area contributed by atoms with Gasteiger partial charge in [0.1, 0.15) is 0 Å². The Kier molecular flexibility index (Phi) is 4.79. The van der Waals surface area contributed by atoms with Crippen LogP contribution in [0.15, 0.2) is 28.5 Å². The van der Waals surface area contributed by atoms with Gasteiger partial charge in [-0.3, -0.25) is 10.1 Å². The Morgan fingerprint density at radius 2 is 2.00 bits per heavy atom. The van der Waals surface area contributed by atoms with E-state index in [-0.39, 0.29) is 10.6 Å². The highest BCUT2D eigenvalue weighted by Crippen LogP contribution is 2.35. The lowest BCUT2D eigenvalue weighted by Crippen LogP contribution is -2.33. The predicted molar refractivity (Wildman–Crippen MR) is 97.2 cm³/mol. The van der Waals surface area contributed by atoms with Gasteiger partial charge in [-0.2, -0.15) is 0 Å². The van der Waals surface area contributed by atoms with Crippen LogP contribution >= 0.6 is 11.3 Å². The number of anilines is 1. The number of benzene rings is 1. The van der Waals surface area contributed by atoms with Crippen LogP contribution in [0, 0.1) is 17.0 Å². The Balaban J connectivity index is 1.84. The van der Waals surface area contributed by atoms with Crippen molar-refractivity contribution in [1.82, 2.24) is 4.98 Å². The van der Waals surface area contributed by atoms with Crippen LogP contribution in [0.1, 0.15) is 29.5 Å². The summed E-state index contributed by atoms with van der Waals surface area (Å²) >= 11 is 1.67. The number of hydrogen-bond acceptors (Lipinski definition) is 7. The van der Waals surface area contributed by atoms with Gasteiger partial charge in [-0.1, -0.05) is 0 Å². The average molecular weight is 381 g/mol. The summed E-state index contributed by atoms with van der Waals surface area (Å²) in [4.78, 5) is 17.0. The van der Waals surface area contributed by atoms with Crippen molar-refractivity contribution in [3.63, 3.8) is 0 Å². The zero-order valence-electron chi connectivity index (χ0n) is 14.0. The third-order valence-electron chi connectivity index (χ3n) is 4.38. The number of thiazole rings is 1. The Morgan fingerprint density at radius 1 is 1.32 bits per heavy atom. The molecule has 0 radical (unpaired) electrons. The summed E-state index contributed by atoms with van der Waals surface area (Å²) in [6.45, 7) is 3.37. The third-order valence-corrected chi connectivity index (χ3v) is 6.63. The summed E-state index contributed by atoms with van der Waals surface area (Å²) in [6, 6.07) is 4.06. The fraction of sp³-hybridized carbons (Fsp3) is 0.438. The van der Waals surface area contributed by atoms with Gasteiger partial charge >= 0.3 is 0 Å². The lowest BCUT2D eigenvalue weighted by Gasteiger charge is -2.33. The van der Waals surface area contributed by atoms with Crippen LogP contribution < -0.4 is 4.90 Å². The van der Waals surface area contributed by atoms with Crippen molar-refractivity contribution in [3.8, 4) is 0 Å². The molecule has 1 aliphatic rings. The number of hydrogen-bond donors (Lipinski definition) is 0. The molecule has 9 heteroatoms. The van der Waals surface area contributed by atoms with E-state index in [0.717, 1.165) is 35.9 Å². The standard InChI is InChI=1S/C16H19N3O4S2/c1-11-10-24-16(17-11)12-5-7-18(8-6-12)14-4-3-13(19(20)21)9-15(14)25(2,22)23/h3-4,9-10,12H,5-8H2,1-2H3. The van der Waals surface area contributed by atoms with E-state index in [1.54, 1.807) is 17.4 Å². The molecule has 0 spiro atoms. The maximum Gasteiger partial charge on any atom is 0.270 e. The summed E-state index contributed by atoms with van der Waals surface area (Å²) in [5.74, 6) is 0.384. The second-order valence-electron chi connectivity index (χ2n) is 6.27. The summed E-state index contributed by atoms with van der Waals surface area (Å²) < 4.78 is 24.2. The third kappa shape index (κ3) is 3.82. The fourth-order valence-electron chi connectivity index (χ4n) is 3.10. The number of aryl methyl sites for hydroxylation is 1. The Bertz CT molecular complexity index is 900. The van der Waals surface area contributed by atoms with E-state index in [0.29, 0.717) is 24.7 Å². The first-order chi connectivity index (χ1) is 11.8. The van der Waals surface area contributed by atoms with Crippen molar-refractivity contribution >= 4 is 32.5 Å². The number of rotatable bonds is 4. The van der Waals surface area contributed by atoms with Crippen molar-refractivity contribution in [2.24, 2.45) is 0 Å². The molecule has 0 N–H and O–H groups in total. The largest absolute Gasteiger partial charge is 0.370 e. The van der Waals surface area contributed by atoms with Crippen LogP contribution in [-0.2, 0) is 9.84 Å². The maximum atomic E-state index is 12.1. The fourth-order valence-corrected chi connectivity index (χ4v) is 4.98. The summed E-state index contributed by atoms with van der Waals surface area (Å²) in [7, 11) is -3.56. The molecule has 0 saturated carbocycles. The van der Waals surface area contributed by atoms with E-state index < -0.39 is 14.8 Å². The number of aromatic nitrogens is 1. The van der Waals surface area contributed by atoms with Gasteiger partial charge in [0.2, 0.25) is 0 Å². The van der Waals surface area contributed by atoms with Crippen molar-refractivity contribution in [3.05, 3.63) is 44.4 Å². The van der Waals surface area contributed by atoms with E-state index in [1.807, 2.05) is 17.2 Å². The van der Waals surface area contributed by atoms with Gasteiger partial charge in [0.25, 0.3) is 5.69 Å². The molecule has 2 aromatic rings. The van der Waals surface area contributed by atoms with E-state index >= 15 is 0 Å². The minimum Gasteiger partial charge on any atom is -0.370 e. The normalized spacial score (nSPS) is 16.2. The second kappa shape index (κ2) is 6.72.